The molecule has 0 spiro atoms. The third kappa shape index (κ3) is 4.28. The van der Waals surface area contributed by atoms with Gasteiger partial charge in [-0.05, 0) is 52.8 Å². The molecule has 6 rings (SSSR count). The number of aromatic nitrogens is 3. The van der Waals surface area contributed by atoms with Crippen molar-refractivity contribution < 1.29 is 9.84 Å². The van der Waals surface area contributed by atoms with Crippen molar-refractivity contribution in [2.45, 2.75) is 52.4 Å². The molecule has 0 amide bonds. The Balaban J connectivity index is 1.59. The highest BCUT2D eigenvalue weighted by Crippen LogP contribution is 2.41. The number of benzene rings is 3. The van der Waals surface area contributed by atoms with Gasteiger partial charge in [0.05, 0.1) is 11.0 Å². The van der Waals surface area contributed by atoms with E-state index in [4.69, 9.17) is 9.72 Å². The summed E-state index contributed by atoms with van der Waals surface area (Å²) in [7, 11) is 0. The van der Waals surface area contributed by atoms with Crippen LogP contribution >= 0.6 is 0 Å². The van der Waals surface area contributed by atoms with Crippen molar-refractivity contribution in [1.82, 2.24) is 14.5 Å². The van der Waals surface area contributed by atoms with Gasteiger partial charge in [-0.25, -0.2) is 9.97 Å². The summed E-state index contributed by atoms with van der Waals surface area (Å²) in [5, 5.41) is 13.4. The molecule has 3 aromatic carbocycles. The highest BCUT2D eigenvalue weighted by Gasteiger charge is 2.30. The van der Waals surface area contributed by atoms with E-state index in [1.165, 1.54) is 11.1 Å². The topological polar surface area (TPSA) is 60.2 Å². The summed E-state index contributed by atoms with van der Waals surface area (Å²) < 4.78 is 8.53. The lowest BCUT2D eigenvalue weighted by atomic mass is 9.75. The maximum absolute atomic E-state index is 10.3. The Morgan fingerprint density at radius 2 is 1.51 bits per heavy atom. The van der Waals surface area contributed by atoms with Crippen molar-refractivity contribution in [3.63, 3.8) is 0 Å². The Bertz CT molecular complexity index is 1870. The second kappa shape index (κ2) is 8.84. The summed E-state index contributed by atoms with van der Waals surface area (Å²) in [5.41, 5.74) is 4.99. The van der Waals surface area contributed by atoms with Gasteiger partial charge in [0.2, 0.25) is 5.88 Å². The molecule has 3 heterocycles. The molecular formula is C34H33N3O2. The number of aromatic hydroxyl groups is 1. The maximum Gasteiger partial charge on any atom is 0.219 e. The van der Waals surface area contributed by atoms with Crippen LogP contribution in [-0.2, 0) is 10.8 Å². The molecule has 0 fully saturated rings. The van der Waals surface area contributed by atoms with Crippen molar-refractivity contribution in [1.29, 1.82) is 0 Å². The average Bonchev–Trinajstić information content (AvgIpc) is 3.21. The van der Waals surface area contributed by atoms with E-state index >= 15 is 0 Å². The van der Waals surface area contributed by atoms with Crippen molar-refractivity contribution in [2.75, 3.05) is 0 Å². The number of nitrogens with zero attached hydrogens (tertiary/aromatic N) is 3. The molecule has 39 heavy (non-hydrogen) atoms. The van der Waals surface area contributed by atoms with E-state index in [9.17, 15) is 5.11 Å². The largest absolute Gasteiger partial charge is 0.506 e. The van der Waals surface area contributed by atoms with Gasteiger partial charge in [0, 0.05) is 40.1 Å². The van der Waals surface area contributed by atoms with E-state index in [2.05, 4.69) is 93.6 Å². The Morgan fingerprint density at radius 3 is 2.28 bits per heavy atom. The molecule has 196 valence electrons. The van der Waals surface area contributed by atoms with Crippen LogP contribution in [-0.4, -0.2) is 19.6 Å². The molecule has 0 bridgehead atoms. The zero-order valence-corrected chi connectivity index (χ0v) is 23.3. The first kappa shape index (κ1) is 24.9. The van der Waals surface area contributed by atoms with Crippen LogP contribution in [0.2, 0.25) is 0 Å². The van der Waals surface area contributed by atoms with Crippen LogP contribution in [0.15, 0.2) is 85.1 Å². The lowest BCUT2D eigenvalue weighted by Gasteiger charge is -2.32. The lowest BCUT2D eigenvalue weighted by molar-refractivity contribution is 0.460. The van der Waals surface area contributed by atoms with Crippen LogP contribution in [0.25, 0.3) is 38.5 Å². The van der Waals surface area contributed by atoms with Crippen molar-refractivity contribution in [3.05, 3.63) is 96.2 Å². The van der Waals surface area contributed by atoms with E-state index in [-0.39, 0.29) is 16.6 Å². The van der Waals surface area contributed by atoms with Gasteiger partial charge in [-0.15, -0.1) is 0 Å². The number of phenolic OH excluding ortho intramolecular Hbond substituents is 1. The molecule has 3 aromatic heterocycles. The maximum atomic E-state index is 10.3. The molecule has 0 unspecified atom stereocenters. The quantitative estimate of drug-likeness (QED) is 0.256. The molecule has 0 saturated heterocycles. The number of rotatable bonds is 3. The number of pyridine rings is 2. The normalized spacial score (nSPS) is 12.5. The Hall–Kier alpha value is -4.38. The van der Waals surface area contributed by atoms with E-state index < -0.39 is 0 Å². The Labute approximate surface area is 228 Å². The summed E-state index contributed by atoms with van der Waals surface area (Å²) >= 11 is 0. The van der Waals surface area contributed by atoms with Gasteiger partial charge < -0.3 is 9.84 Å². The highest BCUT2D eigenvalue weighted by atomic mass is 16.5. The monoisotopic (exact) mass is 515 g/mol. The van der Waals surface area contributed by atoms with E-state index in [0.29, 0.717) is 17.1 Å². The predicted octanol–water partition coefficient (Wildman–Crippen LogP) is 8.82. The van der Waals surface area contributed by atoms with Gasteiger partial charge in [0.1, 0.15) is 22.8 Å². The molecule has 5 heteroatoms. The van der Waals surface area contributed by atoms with Crippen LogP contribution in [0.5, 0.6) is 17.4 Å². The first-order chi connectivity index (χ1) is 18.5. The second-order valence-corrected chi connectivity index (χ2v) is 12.2. The second-order valence-electron chi connectivity index (χ2n) is 12.2. The van der Waals surface area contributed by atoms with E-state index in [1.807, 2.05) is 30.5 Å². The summed E-state index contributed by atoms with van der Waals surface area (Å²) in [6.45, 7) is 13.5. The van der Waals surface area contributed by atoms with Gasteiger partial charge in [-0.3, -0.25) is 4.57 Å². The Kier molecular flexibility index (Phi) is 5.65. The van der Waals surface area contributed by atoms with Crippen LogP contribution < -0.4 is 4.74 Å². The first-order valence-corrected chi connectivity index (χ1v) is 13.3. The molecule has 0 aliphatic heterocycles. The number of para-hydroxylation sites is 2. The van der Waals surface area contributed by atoms with Crippen LogP contribution in [0.3, 0.4) is 0 Å². The first-order valence-electron chi connectivity index (χ1n) is 13.3. The van der Waals surface area contributed by atoms with E-state index in [1.54, 1.807) is 12.1 Å². The number of hydrogen-bond donors (Lipinski definition) is 1. The molecule has 5 nitrogen and oxygen atoms in total. The summed E-state index contributed by atoms with van der Waals surface area (Å²) in [5.74, 6) is 2.16. The SMILES string of the molecule is CC(C)(C)c1ccnc(-n2c3ccccc3c3ccc(Oc4ccc5cccc(O)c5n4)cc32)c1C(C)(C)C. The number of hydrogen-bond acceptors (Lipinski definition) is 4. The fraction of sp³-hybridized carbons (Fsp3) is 0.235. The van der Waals surface area contributed by atoms with Crippen LogP contribution in [0.1, 0.15) is 52.7 Å². The van der Waals surface area contributed by atoms with Gasteiger partial charge in [-0.1, -0.05) is 71.9 Å². The average molecular weight is 516 g/mol. The molecule has 0 aliphatic rings. The van der Waals surface area contributed by atoms with Crippen LogP contribution in [0, 0.1) is 0 Å². The van der Waals surface area contributed by atoms with Crippen molar-refractivity contribution in [3.8, 4) is 23.2 Å². The third-order valence-corrected chi connectivity index (χ3v) is 7.24. The fourth-order valence-corrected chi connectivity index (χ4v) is 5.52. The smallest absolute Gasteiger partial charge is 0.219 e. The Morgan fingerprint density at radius 1 is 0.744 bits per heavy atom. The fourth-order valence-electron chi connectivity index (χ4n) is 5.52. The van der Waals surface area contributed by atoms with Crippen molar-refractivity contribution >= 4 is 32.7 Å². The van der Waals surface area contributed by atoms with Gasteiger partial charge in [-0.2, -0.15) is 0 Å². The number of phenols is 1. The molecule has 0 atom stereocenters. The van der Waals surface area contributed by atoms with Gasteiger partial charge in [0.15, 0.2) is 0 Å². The van der Waals surface area contributed by atoms with Gasteiger partial charge >= 0.3 is 0 Å². The molecule has 0 radical (unpaired) electrons. The van der Waals surface area contributed by atoms with Gasteiger partial charge in [0.25, 0.3) is 0 Å². The summed E-state index contributed by atoms with van der Waals surface area (Å²) in [6.07, 6.45) is 1.93. The summed E-state index contributed by atoms with van der Waals surface area (Å²) in [4.78, 5) is 9.57. The third-order valence-electron chi connectivity index (χ3n) is 7.24. The highest BCUT2D eigenvalue weighted by molar-refractivity contribution is 6.09. The molecule has 1 N–H and O–H groups in total. The zero-order chi connectivity index (χ0) is 27.5. The molecular weight excluding hydrogens is 482 g/mol. The lowest BCUT2D eigenvalue weighted by Crippen LogP contribution is -2.25. The minimum atomic E-state index is -0.130. The molecule has 6 aromatic rings. The number of ether oxygens (including phenoxy) is 1. The van der Waals surface area contributed by atoms with E-state index in [0.717, 1.165) is 33.0 Å². The molecule has 0 aliphatic carbocycles. The predicted molar refractivity (Wildman–Crippen MR) is 159 cm³/mol. The number of fused-ring (bicyclic) bond motifs is 4. The van der Waals surface area contributed by atoms with Crippen molar-refractivity contribution in [2.24, 2.45) is 0 Å². The van der Waals surface area contributed by atoms with Crippen LogP contribution in [0.4, 0.5) is 0 Å². The summed E-state index contributed by atoms with van der Waals surface area (Å²) in [6, 6.07) is 25.9. The zero-order valence-electron chi connectivity index (χ0n) is 23.3. The minimum Gasteiger partial charge on any atom is -0.506 e. The minimum absolute atomic E-state index is 0.0410. The molecule has 0 saturated carbocycles. The standard InChI is InChI=1S/C34H33N3O2/c1-33(2,3)25-18-19-35-32(30(25)34(4,5)6)37-26-12-8-7-11-23(26)24-16-15-22(20-27(24)37)39-29-17-14-21-10-9-13-28(38)31(21)36-29/h7-20,38H,1-6H3.